The molecule has 0 amide bonds. The lowest BCUT2D eigenvalue weighted by molar-refractivity contribution is -0.199. The molecule has 5 rings (SSSR count). The van der Waals surface area contributed by atoms with Gasteiger partial charge in [0, 0.05) is 5.41 Å². The molecule has 2 nitrogen and oxygen atoms in total. The van der Waals surface area contributed by atoms with Crippen molar-refractivity contribution in [3.63, 3.8) is 0 Å². The van der Waals surface area contributed by atoms with Crippen LogP contribution in [-0.4, -0.2) is 17.0 Å². The summed E-state index contributed by atoms with van der Waals surface area (Å²) in [7, 11) is 0. The fraction of sp³-hybridized carbons (Fsp3) is 1.00. The van der Waals surface area contributed by atoms with Gasteiger partial charge in [-0.15, -0.1) is 0 Å². The highest BCUT2D eigenvalue weighted by molar-refractivity contribution is 5.18. The van der Waals surface area contributed by atoms with Crippen molar-refractivity contribution in [2.75, 3.05) is 0 Å². The molecule has 178 valence electrons. The molecule has 5 fully saturated rings. The summed E-state index contributed by atoms with van der Waals surface area (Å²) in [6, 6.07) is 0. The number of hydrogen-bond donors (Lipinski definition) is 1. The van der Waals surface area contributed by atoms with Crippen LogP contribution < -0.4 is 0 Å². The van der Waals surface area contributed by atoms with Crippen LogP contribution in [0.4, 0.5) is 0 Å². The van der Waals surface area contributed by atoms with Gasteiger partial charge < -0.3 is 9.84 Å². The van der Waals surface area contributed by atoms with Crippen molar-refractivity contribution >= 4 is 0 Å². The van der Waals surface area contributed by atoms with Crippen LogP contribution in [0.2, 0.25) is 0 Å². The van der Waals surface area contributed by atoms with E-state index in [0.717, 1.165) is 41.9 Å². The topological polar surface area (TPSA) is 32.8 Å². The van der Waals surface area contributed by atoms with Crippen LogP contribution in [0.1, 0.15) is 112 Å². The van der Waals surface area contributed by atoms with E-state index in [1.165, 1.54) is 64.2 Å². The summed E-state index contributed by atoms with van der Waals surface area (Å²) >= 11 is 0. The largest absolute Gasteiger partial charge is 0.363 e. The quantitative estimate of drug-likeness (QED) is 0.444. The Labute approximate surface area is 192 Å². The minimum absolute atomic E-state index is 0.00940. The molecule has 4 aliphatic carbocycles. The Bertz CT molecular complexity index is 674. The number of fused-ring (bicyclic) bond motifs is 7. The lowest BCUT2D eigenvalue weighted by Gasteiger charge is -2.61. The summed E-state index contributed by atoms with van der Waals surface area (Å²) in [6.45, 7) is 14.9. The Kier molecular flexibility index (Phi) is 5.66. The van der Waals surface area contributed by atoms with Gasteiger partial charge in [0.1, 0.15) is 6.10 Å². The maximum atomic E-state index is 11.5. The third kappa shape index (κ3) is 3.16. The first kappa shape index (κ1) is 22.7. The molecule has 0 radical (unpaired) electrons. The molecule has 11 atom stereocenters. The Morgan fingerprint density at radius 3 is 2.35 bits per heavy atom. The third-order valence-electron chi connectivity index (χ3n) is 12.4. The molecule has 0 bridgehead atoms. The molecule has 2 heteroatoms. The zero-order valence-corrected chi connectivity index (χ0v) is 21.3. The highest BCUT2D eigenvalue weighted by Gasteiger charge is 2.75. The van der Waals surface area contributed by atoms with Crippen LogP contribution in [0, 0.1) is 58.2 Å². The van der Waals surface area contributed by atoms with Gasteiger partial charge in [0.25, 0.3) is 0 Å². The van der Waals surface area contributed by atoms with E-state index < -0.39 is 5.79 Å². The van der Waals surface area contributed by atoms with E-state index in [0.29, 0.717) is 17.3 Å². The lowest BCUT2D eigenvalue weighted by atomic mass is 9.43. The van der Waals surface area contributed by atoms with Gasteiger partial charge in [0.15, 0.2) is 5.79 Å². The van der Waals surface area contributed by atoms with Crippen molar-refractivity contribution in [2.45, 2.75) is 124 Å². The van der Waals surface area contributed by atoms with Crippen LogP contribution in [-0.2, 0) is 4.74 Å². The summed E-state index contributed by atoms with van der Waals surface area (Å²) in [6.07, 6.45) is 15.0. The molecule has 3 unspecified atom stereocenters. The maximum absolute atomic E-state index is 11.5. The summed E-state index contributed by atoms with van der Waals surface area (Å²) in [5, 5.41) is 11.5. The number of hydrogen-bond acceptors (Lipinski definition) is 2. The highest BCUT2D eigenvalue weighted by atomic mass is 16.7. The van der Waals surface area contributed by atoms with Crippen molar-refractivity contribution in [1.29, 1.82) is 0 Å². The van der Waals surface area contributed by atoms with E-state index in [-0.39, 0.29) is 11.5 Å². The first-order valence-corrected chi connectivity index (χ1v) is 14.1. The van der Waals surface area contributed by atoms with Gasteiger partial charge in [-0.05, 0) is 111 Å². The molecule has 0 aromatic carbocycles. The predicted octanol–water partition coefficient (Wildman–Crippen LogP) is 7.44. The van der Waals surface area contributed by atoms with Crippen molar-refractivity contribution in [1.82, 2.24) is 0 Å². The molecule has 1 saturated heterocycles. The molecule has 0 spiro atoms. The summed E-state index contributed by atoms with van der Waals surface area (Å²) < 4.78 is 6.02. The van der Waals surface area contributed by atoms with E-state index in [1.807, 2.05) is 0 Å². The Hall–Kier alpha value is -0.0800. The molecule has 31 heavy (non-hydrogen) atoms. The average Bonchev–Trinajstić information content (AvgIpc) is 3.29. The summed E-state index contributed by atoms with van der Waals surface area (Å²) in [5.41, 5.74) is 0.542. The second-order valence-electron chi connectivity index (χ2n) is 13.5. The molecule has 1 N–H and O–H groups in total. The van der Waals surface area contributed by atoms with Crippen molar-refractivity contribution in [3.8, 4) is 0 Å². The first-order chi connectivity index (χ1) is 14.7. The summed E-state index contributed by atoms with van der Waals surface area (Å²) in [4.78, 5) is 0. The zero-order chi connectivity index (χ0) is 22.2. The van der Waals surface area contributed by atoms with E-state index in [1.54, 1.807) is 0 Å². The molecule has 0 aromatic rings. The average molecular weight is 431 g/mol. The monoisotopic (exact) mass is 430 g/mol. The third-order valence-corrected chi connectivity index (χ3v) is 12.4. The second kappa shape index (κ2) is 7.72. The molecule has 5 aliphatic rings. The molecule has 0 aromatic heterocycles. The van der Waals surface area contributed by atoms with Crippen LogP contribution in [0.5, 0.6) is 0 Å². The normalized spacial score (nSPS) is 52.6. The zero-order valence-electron chi connectivity index (χ0n) is 21.3. The first-order valence-electron chi connectivity index (χ1n) is 14.1. The van der Waals surface area contributed by atoms with Crippen molar-refractivity contribution in [2.24, 2.45) is 58.2 Å². The maximum Gasteiger partial charge on any atom is 0.198 e. The SMILES string of the molecule is CC[C@H](CC[C@@H](C)[C@H]1CC[C@H]2[C@H]3CCC4CCC5OC5(O)[C@]4(C)[C@H]3CC[C@]12C)C(C)C. The van der Waals surface area contributed by atoms with Crippen molar-refractivity contribution < 1.29 is 9.84 Å². The van der Waals surface area contributed by atoms with E-state index in [2.05, 4.69) is 41.5 Å². The highest BCUT2D eigenvalue weighted by Crippen LogP contribution is 2.73. The van der Waals surface area contributed by atoms with Crippen LogP contribution >= 0.6 is 0 Å². The van der Waals surface area contributed by atoms with Gasteiger partial charge in [-0.1, -0.05) is 54.4 Å². The smallest absolute Gasteiger partial charge is 0.198 e. The van der Waals surface area contributed by atoms with Crippen LogP contribution in [0.15, 0.2) is 0 Å². The molecule has 1 aliphatic heterocycles. The minimum atomic E-state index is -0.787. The van der Waals surface area contributed by atoms with Gasteiger partial charge in [0.2, 0.25) is 0 Å². The Morgan fingerprint density at radius 1 is 0.903 bits per heavy atom. The van der Waals surface area contributed by atoms with Gasteiger partial charge in [0.05, 0.1) is 0 Å². The standard InChI is InChI=1S/C29H50O2/c1-7-20(18(2)3)9-8-19(4)23-13-14-24-22-12-10-21-11-15-26-29(30,31-26)28(21,6)25(22)16-17-27(23,24)5/h18-26,30H,7-17H2,1-6H3/t19-,20-,21?,22-,23-,24+,25+,26?,27-,28+,29?/m1/s1. The van der Waals surface area contributed by atoms with E-state index in [9.17, 15) is 5.11 Å². The Morgan fingerprint density at radius 2 is 1.65 bits per heavy atom. The number of epoxide rings is 1. The van der Waals surface area contributed by atoms with Gasteiger partial charge in [-0.2, -0.15) is 0 Å². The predicted molar refractivity (Wildman–Crippen MR) is 127 cm³/mol. The molecular weight excluding hydrogens is 380 g/mol. The molecule has 1 heterocycles. The number of rotatable bonds is 6. The molecule has 4 saturated carbocycles. The lowest BCUT2D eigenvalue weighted by Crippen LogP contribution is -2.59. The number of aliphatic hydroxyl groups is 1. The van der Waals surface area contributed by atoms with Crippen LogP contribution in [0.3, 0.4) is 0 Å². The van der Waals surface area contributed by atoms with Crippen molar-refractivity contribution in [3.05, 3.63) is 0 Å². The Balaban J connectivity index is 1.32. The van der Waals surface area contributed by atoms with Crippen LogP contribution in [0.25, 0.3) is 0 Å². The van der Waals surface area contributed by atoms with E-state index in [4.69, 9.17) is 4.74 Å². The minimum Gasteiger partial charge on any atom is -0.363 e. The van der Waals surface area contributed by atoms with E-state index >= 15 is 0 Å². The fourth-order valence-electron chi connectivity index (χ4n) is 10.4. The summed E-state index contributed by atoms with van der Waals surface area (Å²) in [5.74, 6) is 5.77. The van der Waals surface area contributed by atoms with Gasteiger partial charge in [-0.3, -0.25) is 0 Å². The fourth-order valence-corrected chi connectivity index (χ4v) is 10.4. The van der Waals surface area contributed by atoms with Gasteiger partial charge in [-0.25, -0.2) is 0 Å². The molecular formula is C29H50O2. The van der Waals surface area contributed by atoms with Gasteiger partial charge >= 0.3 is 0 Å². The number of ether oxygens (including phenoxy) is 1. The second-order valence-corrected chi connectivity index (χ2v) is 13.5.